The molecule has 35 heavy (non-hydrogen) atoms. The molecule has 10 heteroatoms. The van der Waals surface area contributed by atoms with Crippen LogP contribution in [-0.4, -0.2) is 80.7 Å². The van der Waals surface area contributed by atoms with Gasteiger partial charge in [-0.1, -0.05) is 13.8 Å². The third kappa shape index (κ3) is 4.34. The molecule has 2 aliphatic heterocycles. The topological polar surface area (TPSA) is 120 Å². The Bertz CT molecular complexity index is 1090. The first kappa shape index (κ1) is 24.5. The lowest BCUT2D eigenvalue weighted by molar-refractivity contribution is 0.0929. The monoisotopic (exact) mass is 503 g/mol. The van der Waals surface area contributed by atoms with Crippen LogP contribution in [0, 0.1) is 22.2 Å². The van der Waals surface area contributed by atoms with Gasteiger partial charge in [-0.2, -0.15) is 4.31 Å². The number of piperazine rings is 1. The van der Waals surface area contributed by atoms with E-state index in [1.807, 2.05) is 0 Å². The minimum absolute atomic E-state index is 0.0153. The number of amidine groups is 1. The molecule has 2 aliphatic carbocycles. The van der Waals surface area contributed by atoms with Crippen LogP contribution in [0.25, 0.3) is 0 Å². The fourth-order valence-corrected chi connectivity index (χ4v) is 9.09. The van der Waals surface area contributed by atoms with E-state index in [0.29, 0.717) is 56.4 Å². The molecule has 0 radical (unpaired) electrons. The second-order valence-corrected chi connectivity index (χ2v) is 13.3. The summed E-state index contributed by atoms with van der Waals surface area (Å²) in [4.78, 5) is 16.2. The number of nitrogens with one attached hydrogen (secondary N) is 1. The summed E-state index contributed by atoms with van der Waals surface area (Å²) in [5.74, 6) is 0.777. The molecule has 0 aromatic heterocycles. The van der Waals surface area contributed by atoms with Gasteiger partial charge in [0, 0.05) is 44.0 Å². The highest BCUT2D eigenvalue weighted by molar-refractivity contribution is 7.89. The number of nitrogens with two attached hydrogens (primary N) is 1. The number of rotatable bonds is 7. The first-order valence-electron chi connectivity index (χ1n) is 12.6. The van der Waals surface area contributed by atoms with Crippen molar-refractivity contribution in [3.63, 3.8) is 0 Å². The Labute approximate surface area is 208 Å². The van der Waals surface area contributed by atoms with Gasteiger partial charge < -0.3 is 10.5 Å². The van der Waals surface area contributed by atoms with Crippen molar-refractivity contribution in [3.8, 4) is 0 Å². The van der Waals surface area contributed by atoms with Crippen molar-refractivity contribution in [2.45, 2.75) is 45.6 Å². The fraction of sp³-hybridized carbons (Fsp3) is 0.680. The lowest BCUT2D eigenvalue weighted by atomic mass is 9.71. The molecule has 2 bridgehead atoms. The van der Waals surface area contributed by atoms with E-state index in [0.717, 1.165) is 25.7 Å². The average Bonchev–Trinajstić information content (AvgIpc) is 3.38. The fourth-order valence-electron chi connectivity index (χ4n) is 6.84. The van der Waals surface area contributed by atoms with Gasteiger partial charge in [0.2, 0.25) is 10.0 Å². The largest absolute Gasteiger partial charge is 0.443 e. The zero-order valence-corrected chi connectivity index (χ0v) is 21.5. The van der Waals surface area contributed by atoms with E-state index in [4.69, 9.17) is 15.9 Å². The number of sulfonamides is 1. The molecule has 1 aromatic rings. The summed E-state index contributed by atoms with van der Waals surface area (Å²) in [5.41, 5.74) is 6.85. The second kappa shape index (κ2) is 8.74. The zero-order chi connectivity index (χ0) is 25.0. The molecule has 4 fully saturated rings. The SMILES string of the molecule is CC12CCC(CC1)[C@@]2(C)CS(=O)(=O)N1CCN(CC2CN(c3ccc(C(=N)N)cc3)C(=O)O2)CC1. The van der Waals surface area contributed by atoms with Gasteiger partial charge in [-0.3, -0.25) is 15.2 Å². The zero-order valence-electron chi connectivity index (χ0n) is 20.7. The molecule has 192 valence electrons. The van der Waals surface area contributed by atoms with Crippen LogP contribution in [0.1, 0.15) is 45.1 Å². The Morgan fingerprint density at radius 1 is 1.11 bits per heavy atom. The number of hydrogen-bond acceptors (Lipinski definition) is 6. The third-order valence-electron chi connectivity index (χ3n) is 9.40. The van der Waals surface area contributed by atoms with Crippen molar-refractivity contribution in [1.82, 2.24) is 9.21 Å². The molecule has 1 amide bonds. The number of carbonyl (C=O) groups is 1. The van der Waals surface area contributed by atoms with E-state index >= 15 is 0 Å². The quantitative estimate of drug-likeness (QED) is 0.436. The first-order chi connectivity index (χ1) is 16.5. The maximum absolute atomic E-state index is 13.4. The average molecular weight is 504 g/mol. The number of cyclic esters (lactones) is 1. The molecule has 4 aliphatic rings. The van der Waals surface area contributed by atoms with Gasteiger partial charge in [-0.25, -0.2) is 13.2 Å². The summed E-state index contributed by atoms with van der Waals surface area (Å²) in [6.45, 7) is 7.76. The molecule has 5 rings (SSSR count). The molecule has 2 atom stereocenters. The van der Waals surface area contributed by atoms with Gasteiger partial charge in [-0.05, 0) is 66.7 Å². The molecule has 9 nitrogen and oxygen atoms in total. The number of benzene rings is 1. The highest BCUT2D eigenvalue weighted by Gasteiger charge is 2.60. The molecule has 2 saturated carbocycles. The smallest absolute Gasteiger partial charge is 0.414 e. The lowest BCUT2D eigenvalue weighted by Gasteiger charge is -2.41. The summed E-state index contributed by atoms with van der Waals surface area (Å²) in [7, 11) is -3.31. The standard InChI is InChI=1S/C25H37N5O4S/c1-24-9-7-19(8-10-24)25(24,2)17-35(32,33)29-13-11-28(12-14-29)15-21-16-30(23(31)34-21)20-5-3-18(4-6-20)22(26)27/h3-6,19,21H,7-17H2,1-2H3,(H3,26,27)/t19?,21?,24?,25-/m1/s1. The van der Waals surface area contributed by atoms with Crippen molar-refractivity contribution in [2.24, 2.45) is 22.5 Å². The highest BCUT2D eigenvalue weighted by atomic mass is 32.2. The van der Waals surface area contributed by atoms with Crippen LogP contribution in [0.2, 0.25) is 0 Å². The van der Waals surface area contributed by atoms with Crippen molar-refractivity contribution >= 4 is 27.6 Å². The van der Waals surface area contributed by atoms with Crippen molar-refractivity contribution < 1.29 is 17.9 Å². The summed E-state index contributed by atoms with van der Waals surface area (Å²) in [6.07, 6.45) is 3.96. The van der Waals surface area contributed by atoms with E-state index in [9.17, 15) is 13.2 Å². The van der Waals surface area contributed by atoms with E-state index in [-0.39, 0.29) is 34.6 Å². The number of nitrogen functional groups attached to an aromatic ring is 1. The van der Waals surface area contributed by atoms with Crippen LogP contribution >= 0.6 is 0 Å². The van der Waals surface area contributed by atoms with Gasteiger partial charge in [0.25, 0.3) is 0 Å². The first-order valence-corrected chi connectivity index (χ1v) is 14.2. The van der Waals surface area contributed by atoms with E-state index in [1.54, 1.807) is 33.5 Å². The molecule has 2 saturated heterocycles. The van der Waals surface area contributed by atoms with Gasteiger partial charge >= 0.3 is 6.09 Å². The molecular weight excluding hydrogens is 466 g/mol. The number of ether oxygens (including phenoxy) is 1. The molecule has 2 heterocycles. The predicted molar refractivity (Wildman–Crippen MR) is 135 cm³/mol. The van der Waals surface area contributed by atoms with Crippen LogP contribution in [0.4, 0.5) is 10.5 Å². The molecular formula is C25H37N5O4S. The number of anilines is 1. The van der Waals surface area contributed by atoms with Crippen molar-refractivity contribution in [3.05, 3.63) is 29.8 Å². The normalized spacial score (nSPS) is 33.9. The molecule has 3 N–H and O–H groups in total. The Hall–Kier alpha value is -2.17. The van der Waals surface area contributed by atoms with E-state index in [1.165, 1.54) is 0 Å². The van der Waals surface area contributed by atoms with Crippen molar-refractivity contribution in [1.29, 1.82) is 5.41 Å². The minimum atomic E-state index is -3.31. The number of carbonyl (C=O) groups excluding carboxylic acids is 1. The highest BCUT2D eigenvalue weighted by Crippen LogP contribution is 2.66. The number of fused-ring (bicyclic) bond motifs is 2. The van der Waals surface area contributed by atoms with Crippen LogP contribution in [0.3, 0.4) is 0 Å². The maximum Gasteiger partial charge on any atom is 0.414 e. The van der Waals surface area contributed by atoms with Gasteiger partial charge in [0.15, 0.2) is 0 Å². The Morgan fingerprint density at radius 2 is 1.74 bits per heavy atom. The van der Waals surface area contributed by atoms with Crippen LogP contribution in [-0.2, 0) is 14.8 Å². The van der Waals surface area contributed by atoms with Crippen LogP contribution in [0.15, 0.2) is 24.3 Å². The Kier molecular flexibility index (Phi) is 6.12. The molecule has 1 aromatic carbocycles. The lowest BCUT2D eigenvalue weighted by Crippen LogP contribution is -2.53. The number of amides is 1. The Balaban J connectivity index is 1.14. The summed E-state index contributed by atoms with van der Waals surface area (Å²) < 4.78 is 34.0. The van der Waals surface area contributed by atoms with E-state index < -0.39 is 10.0 Å². The van der Waals surface area contributed by atoms with Crippen LogP contribution < -0.4 is 10.6 Å². The van der Waals surface area contributed by atoms with Gasteiger partial charge in [-0.15, -0.1) is 0 Å². The molecule has 1 unspecified atom stereocenters. The summed E-state index contributed by atoms with van der Waals surface area (Å²) in [5, 5.41) is 7.50. The summed E-state index contributed by atoms with van der Waals surface area (Å²) in [6, 6.07) is 6.97. The van der Waals surface area contributed by atoms with Gasteiger partial charge in [0.05, 0.1) is 12.3 Å². The molecule has 0 spiro atoms. The third-order valence-corrected chi connectivity index (χ3v) is 11.5. The number of nitrogens with zero attached hydrogens (tertiary/aromatic N) is 3. The van der Waals surface area contributed by atoms with E-state index in [2.05, 4.69) is 18.7 Å². The van der Waals surface area contributed by atoms with Crippen molar-refractivity contribution in [2.75, 3.05) is 49.9 Å². The number of hydrogen-bond donors (Lipinski definition) is 2. The Morgan fingerprint density at radius 3 is 2.29 bits per heavy atom. The predicted octanol–water partition coefficient (Wildman–Crippen LogP) is 2.46. The minimum Gasteiger partial charge on any atom is -0.443 e. The summed E-state index contributed by atoms with van der Waals surface area (Å²) >= 11 is 0. The van der Waals surface area contributed by atoms with Gasteiger partial charge in [0.1, 0.15) is 11.9 Å². The van der Waals surface area contributed by atoms with Crippen LogP contribution in [0.5, 0.6) is 0 Å². The maximum atomic E-state index is 13.4. The second-order valence-electron chi connectivity index (χ2n) is 11.3.